The van der Waals surface area contributed by atoms with Crippen LogP contribution in [-0.2, 0) is 6.37 Å². The highest BCUT2D eigenvalue weighted by atomic mass is 35.5. The first-order chi connectivity index (χ1) is 8.82. The average molecular weight is 207 g/mol. The summed E-state index contributed by atoms with van der Waals surface area (Å²) in [6, 6.07) is 0. The summed E-state index contributed by atoms with van der Waals surface area (Å²) in [7, 11) is -2.20. The van der Waals surface area contributed by atoms with Crippen LogP contribution in [0.2, 0.25) is 5.28 Å². The Morgan fingerprint density at radius 1 is 1.77 bits per heavy atom. The SMILES string of the molecule is [2H]C([2H])([2H])C([2H])([2H])C([2H])([2H])c1nc(Cl)ncc1B(O)O. The summed E-state index contributed by atoms with van der Waals surface area (Å²) >= 11 is 5.48. The molecule has 2 N–H and O–H groups in total. The number of aromatic nitrogens is 2. The lowest BCUT2D eigenvalue weighted by Crippen LogP contribution is -2.34. The first-order valence-corrected chi connectivity index (χ1v) is 3.59. The highest BCUT2D eigenvalue weighted by Gasteiger charge is 2.17. The molecule has 1 rings (SSSR count). The zero-order valence-electron chi connectivity index (χ0n) is 13.3. The highest BCUT2D eigenvalue weighted by molar-refractivity contribution is 6.59. The van der Waals surface area contributed by atoms with E-state index in [-0.39, 0.29) is 0 Å². The van der Waals surface area contributed by atoms with E-state index in [1.807, 2.05) is 0 Å². The van der Waals surface area contributed by atoms with Gasteiger partial charge in [0, 0.05) is 26.9 Å². The van der Waals surface area contributed by atoms with E-state index in [2.05, 4.69) is 9.97 Å². The van der Waals surface area contributed by atoms with E-state index < -0.39 is 43.2 Å². The molecular formula is C7H10BClN2O2. The number of aryl methyl sites for hydroxylation is 1. The zero-order chi connectivity index (χ0) is 15.9. The van der Waals surface area contributed by atoms with E-state index in [9.17, 15) is 0 Å². The van der Waals surface area contributed by atoms with Crippen LogP contribution in [0, 0.1) is 0 Å². The molecule has 0 aliphatic heterocycles. The Hall–Kier alpha value is -0.645. The molecule has 6 heteroatoms. The van der Waals surface area contributed by atoms with Gasteiger partial charge in [0.2, 0.25) is 5.28 Å². The summed E-state index contributed by atoms with van der Waals surface area (Å²) in [5, 5.41) is 17.8. The first-order valence-electron chi connectivity index (χ1n) is 6.71. The standard InChI is InChI=1S/C7H10BClN2O2/c1-2-3-6-5(8(12)13)4-10-7(9)11-6/h4,12-13H,2-3H2,1H3/i1D3,2D2,3D2. The van der Waals surface area contributed by atoms with Crippen LogP contribution in [-0.4, -0.2) is 27.1 Å². The van der Waals surface area contributed by atoms with Crippen LogP contribution in [0.25, 0.3) is 0 Å². The van der Waals surface area contributed by atoms with E-state index in [1.165, 1.54) is 0 Å². The third-order valence-electron chi connectivity index (χ3n) is 1.25. The molecule has 0 bridgehead atoms. The van der Waals surface area contributed by atoms with Crippen molar-refractivity contribution >= 4 is 24.2 Å². The Labute approximate surface area is 91.6 Å². The molecule has 0 fully saturated rings. The molecule has 70 valence electrons. The molecule has 0 saturated carbocycles. The molecule has 0 unspecified atom stereocenters. The summed E-state index contributed by atoms with van der Waals surface area (Å²) in [5.41, 5.74) is -1.39. The van der Waals surface area contributed by atoms with Crippen molar-refractivity contribution in [3.05, 3.63) is 17.2 Å². The average Bonchev–Trinajstić information content (AvgIpc) is 2.26. The van der Waals surface area contributed by atoms with Crippen molar-refractivity contribution in [3.63, 3.8) is 0 Å². The smallest absolute Gasteiger partial charge is 0.423 e. The molecular weight excluding hydrogens is 190 g/mol. The molecule has 0 aliphatic carbocycles. The second-order valence-corrected chi connectivity index (χ2v) is 2.40. The van der Waals surface area contributed by atoms with Crippen LogP contribution in [0.15, 0.2) is 6.20 Å². The Balaban J connectivity index is 3.53. The van der Waals surface area contributed by atoms with Crippen molar-refractivity contribution < 1.29 is 19.6 Å². The third kappa shape index (κ3) is 2.65. The van der Waals surface area contributed by atoms with E-state index in [0.717, 1.165) is 6.20 Å². The second-order valence-electron chi connectivity index (χ2n) is 2.07. The van der Waals surface area contributed by atoms with Gasteiger partial charge in [-0.1, -0.05) is 13.2 Å². The summed E-state index contributed by atoms with van der Waals surface area (Å²) in [6.07, 6.45) is -5.69. The van der Waals surface area contributed by atoms with Gasteiger partial charge < -0.3 is 10.0 Å². The van der Waals surface area contributed by atoms with Gasteiger partial charge in [0.15, 0.2) is 0 Å². The predicted octanol–water partition coefficient (Wildman–Crippen LogP) is -0.238. The summed E-state index contributed by atoms with van der Waals surface area (Å²) < 4.78 is 51.7. The van der Waals surface area contributed by atoms with Gasteiger partial charge in [0.25, 0.3) is 0 Å². The van der Waals surface area contributed by atoms with Gasteiger partial charge in [-0.2, -0.15) is 0 Å². The molecule has 0 amide bonds. The summed E-state index contributed by atoms with van der Waals surface area (Å²) in [4.78, 5) is 6.84. The Kier molecular flexibility index (Phi) is 1.49. The Morgan fingerprint density at radius 3 is 3.15 bits per heavy atom. The zero-order valence-corrected chi connectivity index (χ0v) is 7.08. The highest BCUT2D eigenvalue weighted by Crippen LogP contribution is 2.02. The van der Waals surface area contributed by atoms with Crippen molar-refractivity contribution in [2.75, 3.05) is 0 Å². The summed E-state index contributed by atoms with van der Waals surface area (Å²) in [6.45, 7) is -3.30. The molecule has 1 heterocycles. The van der Waals surface area contributed by atoms with Gasteiger partial charge >= 0.3 is 7.12 Å². The molecule has 0 spiro atoms. The largest absolute Gasteiger partial charge is 0.491 e. The number of halogens is 1. The van der Waals surface area contributed by atoms with Crippen molar-refractivity contribution in [1.82, 2.24) is 9.97 Å². The predicted molar refractivity (Wildman–Crippen MR) is 50.9 cm³/mol. The van der Waals surface area contributed by atoms with Crippen LogP contribution in [0.1, 0.15) is 28.5 Å². The second kappa shape index (κ2) is 4.55. The van der Waals surface area contributed by atoms with Crippen LogP contribution >= 0.6 is 11.6 Å². The van der Waals surface area contributed by atoms with Gasteiger partial charge in [-0.25, -0.2) is 9.97 Å². The molecule has 0 atom stereocenters. The lowest BCUT2D eigenvalue weighted by molar-refractivity contribution is 0.425. The minimum absolute atomic E-state index is 0.477. The number of rotatable bonds is 3. The van der Waals surface area contributed by atoms with Crippen molar-refractivity contribution in [2.45, 2.75) is 19.6 Å². The van der Waals surface area contributed by atoms with E-state index in [0.29, 0.717) is 0 Å². The van der Waals surface area contributed by atoms with E-state index in [4.69, 9.17) is 31.2 Å². The maximum absolute atomic E-state index is 9.13. The van der Waals surface area contributed by atoms with Crippen molar-refractivity contribution in [3.8, 4) is 0 Å². The molecule has 0 aromatic carbocycles. The monoisotopic (exact) mass is 207 g/mol. The fourth-order valence-electron chi connectivity index (χ4n) is 0.718. The lowest BCUT2D eigenvalue weighted by Gasteiger charge is -2.05. The quantitative estimate of drug-likeness (QED) is 0.530. The van der Waals surface area contributed by atoms with Crippen molar-refractivity contribution in [1.29, 1.82) is 0 Å². The molecule has 0 saturated heterocycles. The van der Waals surface area contributed by atoms with Gasteiger partial charge in [-0.15, -0.1) is 0 Å². The molecule has 0 aliphatic rings. The van der Waals surface area contributed by atoms with Gasteiger partial charge in [-0.3, -0.25) is 0 Å². The first kappa shape index (κ1) is 4.25. The molecule has 4 nitrogen and oxygen atoms in total. The minimum atomic E-state index is -3.33. The van der Waals surface area contributed by atoms with E-state index in [1.54, 1.807) is 0 Å². The fourth-order valence-corrected chi connectivity index (χ4v) is 0.851. The normalized spacial score (nSPS) is 21.3. The topological polar surface area (TPSA) is 66.2 Å². The molecule has 13 heavy (non-hydrogen) atoms. The van der Waals surface area contributed by atoms with Gasteiger partial charge in [0.1, 0.15) is 0 Å². The van der Waals surface area contributed by atoms with Gasteiger partial charge in [-0.05, 0) is 18.0 Å². The lowest BCUT2D eigenvalue weighted by atomic mass is 9.79. The summed E-state index contributed by atoms with van der Waals surface area (Å²) in [5.74, 6) is 0. The molecule has 1 aromatic heterocycles. The van der Waals surface area contributed by atoms with Crippen LogP contribution < -0.4 is 5.46 Å². The van der Waals surface area contributed by atoms with Crippen LogP contribution in [0.5, 0.6) is 0 Å². The third-order valence-corrected chi connectivity index (χ3v) is 1.43. The minimum Gasteiger partial charge on any atom is -0.423 e. The number of hydrogen-bond donors (Lipinski definition) is 2. The molecule has 0 radical (unpaired) electrons. The Bertz CT molecular complexity index is 510. The maximum atomic E-state index is 9.13. The van der Waals surface area contributed by atoms with E-state index >= 15 is 0 Å². The Morgan fingerprint density at radius 2 is 2.54 bits per heavy atom. The number of nitrogens with zero attached hydrogens (tertiary/aromatic N) is 2. The van der Waals surface area contributed by atoms with Crippen LogP contribution in [0.3, 0.4) is 0 Å². The molecule has 1 aromatic rings. The fraction of sp³-hybridized carbons (Fsp3) is 0.429. The number of hydrogen-bond acceptors (Lipinski definition) is 4. The van der Waals surface area contributed by atoms with Crippen molar-refractivity contribution in [2.24, 2.45) is 0 Å². The maximum Gasteiger partial charge on any atom is 0.491 e. The van der Waals surface area contributed by atoms with Crippen LogP contribution in [0.4, 0.5) is 0 Å². The van der Waals surface area contributed by atoms with Gasteiger partial charge in [0.05, 0.1) is 0 Å².